The summed E-state index contributed by atoms with van der Waals surface area (Å²) in [5.41, 5.74) is -4.58. The third-order valence-electron chi connectivity index (χ3n) is 7.65. The first kappa shape index (κ1) is 23.7. The predicted molar refractivity (Wildman–Crippen MR) is 120 cm³/mol. The Morgan fingerprint density at radius 1 is 1.08 bits per heavy atom. The number of sulfone groups is 1. The molecule has 2 aromatic rings. The summed E-state index contributed by atoms with van der Waals surface area (Å²) in [4.78, 5) is 19.9. The summed E-state index contributed by atoms with van der Waals surface area (Å²) < 4.78 is 68.5. The maximum absolute atomic E-state index is 12.7. The topological polar surface area (TPSA) is 97.6 Å². The molecular formula is C23H26F3N5O4S. The van der Waals surface area contributed by atoms with Crippen molar-refractivity contribution in [2.75, 3.05) is 26.2 Å². The van der Waals surface area contributed by atoms with Gasteiger partial charge in [0.05, 0.1) is 36.7 Å². The number of hydrogen-bond acceptors (Lipinski definition) is 6. The Morgan fingerprint density at radius 3 is 2.36 bits per heavy atom. The molecule has 6 rings (SSSR count). The van der Waals surface area contributed by atoms with Crippen molar-refractivity contribution in [3.8, 4) is 0 Å². The average Bonchev–Trinajstić information content (AvgIpc) is 3.48. The molecule has 9 nitrogen and oxygen atoms in total. The minimum Gasteiger partial charge on any atom is -0.370 e. The third-order valence-corrected chi connectivity index (χ3v) is 9.15. The van der Waals surface area contributed by atoms with E-state index < -0.39 is 20.2 Å². The van der Waals surface area contributed by atoms with Crippen LogP contribution in [0.15, 0.2) is 35.5 Å². The molecule has 3 heterocycles. The van der Waals surface area contributed by atoms with E-state index in [2.05, 4.69) is 10.1 Å². The molecule has 1 spiro atoms. The number of benzene rings is 1. The maximum atomic E-state index is 12.7. The summed E-state index contributed by atoms with van der Waals surface area (Å²) in [5, 5.41) is 4.63. The molecule has 1 aromatic carbocycles. The minimum atomic E-state index is -5.36. The fourth-order valence-electron chi connectivity index (χ4n) is 5.29. The van der Waals surface area contributed by atoms with Gasteiger partial charge in [-0.2, -0.15) is 18.3 Å². The van der Waals surface area contributed by atoms with Gasteiger partial charge in [-0.3, -0.25) is 0 Å². The molecule has 36 heavy (non-hydrogen) atoms. The van der Waals surface area contributed by atoms with E-state index in [0.29, 0.717) is 30.6 Å². The van der Waals surface area contributed by atoms with E-state index in [0.717, 1.165) is 43.9 Å². The number of aromatic nitrogens is 3. The highest BCUT2D eigenvalue weighted by molar-refractivity contribution is 7.92. The van der Waals surface area contributed by atoms with E-state index in [1.54, 1.807) is 4.90 Å². The summed E-state index contributed by atoms with van der Waals surface area (Å²) in [5.74, 6) is 1.51. The summed E-state index contributed by atoms with van der Waals surface area (Å²) >= 11 is 0. The highest BCUT2D eigenvalue weighted by atomic mass is 32.2. The monoisotopic (exact) mass is 525 g/mol. The third kappa shape index (κ3) is 4.15. The zero-order valence-electron chi connectivity index (χ0n) is 19.4. The van der Waals surface area contributed by atoms with Crippen molar-refractivity contribution in [3.63, 3.8) is 0 Å². The molecule has 4 aliphatic rings. The van der Waals surface area contributed by atoms with Gasteiger partial charge in [-0.1, -0.05) is 12.1 Å². The van der Waals surface area contributed by atoms with Crippen molar-refractivity contribution in [2.24, 2.45) is 5.41 Å². The van der Waals surface area contributed by atoms with Crippen molar-refractivity contribution >= 4 is 15.9 Å². The van der Waals surface area contributed by atoms with Crippen molar-refractivity contribution in [3.05, 3.63) is 42.0 Å². The summed E-state index contributed by atoms with van der Waals surface area (Å²) in [6, 6.07) is 4.83. The van der Waals surface area contributed by atoms with Gasteiger partial charge in [0.25, 0.3) is 9.84 Å². The summed E-state index contributed by atoms with van der Waals surface area (Å²) in [6.45, 7) is 2.53. The van der Waals surface area contributed by atoms with Crippen LogP contribution in [0.25, 0.3) is 0 Å². The van der Waals surface area contributed by atoms with Crippen molar-refractivity contribution in [2.45, 2.75) is 60.8 Å². The largest absolute Gasteiger partial charge is 0.501 e. The van der Waals surface area contributed by atoms with Crippen LogP contribution in [-0.4, -0.2) is 76.8 Å². The Labute approximate surface area is 206 Å². The first-order valence-electron chi connectivity index (χ1n) is 12.0. The molecule has 0 radical (unpaired) electrons. The lowest BCUT2D eigenvalue weighted by Crippen LogP contribution is -2.68. The van der Waals surface area contributed by atoms with E-state index >= 15 is 0 Å². The Kier molecular flexibility index (Phi) is 5.38. The molecule has 0 bridgehead atoms. The molecule has 2 saturated heterocycles. The van der Waals surface area contributed by atoms with Gasteiger partial charge in [0, 0.05) is 24.4 Å². The van der Waals surface area contributed by atoms with Crippen molar-refractivity contribution in [1.29, 1.82) is 0 Å². The zero-order valence-corrected chi connectivity index (χ0v) is 20.2. The molecule has 194 valence electrons. The van der Waals surface area contributed by atoms with Gasteiger partial charge in [0.1, 0.15) is 6.33 Å². The number of rotatable bonds is 6. The van der Waals surface area contributed by atoms with E-state index in [-0.39, 0.29) is 24.2 Å². The van der Waals surface area contributed by atoms with Crippen LogP contribution in [0, 0.1) is 5.41 Å². The van der Waals surface area contributed by atoms with Crippen LogP contribution in [0.5, 0.6) is 0 Å². The number of amides is 2. The minimum absolute atomic E-state index is 0.00223. The molecule has 2 amide bonds. The lowest BCUT2D eigenvalue weighted by molar-refractivity contribution is -0.0924. The summed E-state index contributed by atoms with van der Waals surface area (Å²) in [6.07, 6.45) is 6.07. The fourth-order valence-corrected chi connectivity index (χ4v) is 6.05. The number of carbonyl (C=O) groups is 1. The highest BCUT2D eigenvalue weighted by Gasteiger charge is 2.55. The number of likely N-dealkylation sites (tertiary alicyclic amines) is 2. The number of carbonyl (C=O) groups excluding carboxylic acids is 1. The zero-order chi connectivity index (χ0) is 25.3. The molecule has 2 aliphatic heterocycles. The number of alkyl halides is 3. The first-order valence-corrected chi connectivity index (χ1v) is 13.5. The first-order chi connectivity index (χ1) is 17.0. The Morgan fingerprint density at radius 2 is 1.75 bits per heavy atom. The average molecular weight is 526 g/mol. The van der Waals surface area contributed by atoms with Crippen LogP contribution < -0.4 is 0 Å². The van der Waals surface area contributed by atoms with Gasteiger partial charge in [-0.05, 0) is 43.4 Å². The predicted octanol–water partition coefficient (Wildman–Crippen LogP) is 3.11. The Hall–Kier alpha value is -2.67. The second-order valence-corrected chi connectivity index (χ2v) is 12.4. The molecule has 4 fully saturated rings. The molecular weight excluding hydrogens is 499 g/mol. The van der Waals surface area contributed by atoms with Crippen LogP contribution in [0.1, 0.15) is 49.0 Å². The SMILES string of the molecule is O=C(N1CC(OCc2ccc(S(=O)(=O)C(F)(F)F)cc2)C1)N1CC2(CC(n3cnc(C4CC4)n3)C2)C1. The molecule has 0 N–H and O–H groups in total. The second-order valence-electron chi connectivity index (χ2n) is 10.5. The molecule has 13 heteroatoms. The molecule has 0 unspecified atom stereocenters. The Bertz CT molecular complexity index is 1260. The number of ether oxygens (including phenoxy) is 1. The second kappa shape index (κ2) is 8.17. The lowest BCUT2D eigenvalue weighted by Gasteiger charge is -2.59. The standard InChI is InChI=1S/C23H26F3N5O4S/c24-23(25,26)36(33,34)19-5-1-15(2-6-19)11-35-18-9-29(10-18)21(32)30-12-22(13-30)7-17(8-22)31-14-27-20(28-31)16-3-4-16/h1-2,5-6,14,16-18H,3-4,7-13H2. The number of hydrogen-bond donors (Lipinski definition) is 0. The lowest BCUT2D eigenvalue weighted by atomic mass is 9.61. The summed E-state index contributed by atoms with van der Waals surface area (Å²) in [7, 11) is -5.36. The number of halogens is 3. The van der Waals surface area contributed by atoms with Gasteiger partial charge in [-0.25, -0.2) is 22.9 Å². The molecule has 1 aromatic heterocycles. The maximum Gasteiger partial charge on any atom is 0.501 e. The molecule has 2 aliphatic carbocycles. The van der Waals surface area contributed by atoms with E-state index in [4.69, 9.17) is 4.74 Å². The number of nitrogens with zero attached hydrogens (tertiary/aromatic N) is 5. The normalized spacial score (nSPS) is 22.3. The van der Waals surface area contributed by atoms with E-state index in [1.807, 2.05) is 15.9 Å². The number of urea groups is 1. The van der Waals surface area contributed by atoms with Crippen LogP contribution in [-0.2, 0) is 21.2 Å². The smallest absolute Gasteiger partial charge is 0.370 e. The van der Waals surface area contributed by atoms with Gasteiger partial charge in [-0.15, -0.1) is 0 Å². The van der Waals surface area contributed by atoms with Gasteiger partial charge >= 0.3 is 11.5 Å². The van der Waals surface area contributed by atoms with Crippen molar-refractivity contribution < 1.29 is 31.1 Å². The molecule has 2 saturated carbocycles. The van der Waals surface area contributed by atoms with E-state index in [1.165, 1.54) is 25.0 Å². The quantitative estimate of drug-likeness (QED) is 0.575. The van der Waals surface area contributed by atoms with Gasteiger partial charge in [0.15, 0.2) is 5.82 Å². The highest BCUT2D eigenvalue weighted by Crippen LogP contribution is 2.54. The fraction of sp³-hybridized carbons (Fsp3) is 0.609. The molecule has 0 atom stereocenters. The van der Waals surface area contributed by atoms with Gasteiger partial charge in [0.2, 0.25) is 0 Å². The van der Waals surface area contributed by atoms with Crippen LogP contribution in [0.2, 0.25) is 0 Å². The van der Waals surface area contributed by atoms with Crippen LogP contribution >= 0.6 is 0 Å². The Balaban J connectivity index is 0.913. The van der Waals surface area contributed by atoms with Crippen molar-refractivity contribution in [1.82, 2.24) is 24.6 Å². The van der Waals surface area contributed by atoms with E-state index in [9.17, 15) is 26.4 Å². The van der Waals surface area contributed by atoms with Gasteiger partial charge < -0.3 is 14.5 Å². The van der Waals surface area contributed by atoms with Crippen LogP contribution in [0.4, 0.5) is 18.0 Å². The van der Waals surface area contributed by atoms with Crippen LogP contribution in [0.3, 0.4) is 0 Å².